The molecule has 2 aromatic heterocycles. The average Bonchev–Trinajstić information content (AvgIpc) is 3.56. The fourth-order valence-corrected chi connectivity index (χ4v) is 8.25. The van der Waals surface area contributed by atoms with Gasteiger partial charge in [-0.1, -0.05) is 117 Å². The largest absolute Gasteiger partial charge is 0.228 e. The minimum Gasteiger partial charge on any atom is -0.228 e. The minimum absolute atomic E-state index is 0.121. The molecule has 6 aromatic carbocycles. The van der Waals surface area contributed by atoms with Crippen molar-refractivity contribution in [2.24, 2.45) is 0 Å². The Morgan fingerprint density at radius 2 is 1.18 bits per heavy atom. The van der Waals surface area contributed by atoms with E-state index in [1.165, 1.54) is 53.2 Å². The highest BCUT2D eigenvalue weighted by Gasteiger charge is 2.37. The first-order chi connectivity index (χ1) is 21.6. The number of nitrogens with zero attached hydrogens (tertiary/aromatic N) is 2. The second-order valence-electron chi connectivity index (χ2n) is 12.2. The zero-order chi connectivity index (χ0) is 29.4. The molecule has 1 aliphatic rings. The first-order valence-corrected chi connectivity index (χ1v) is 15.9. The van der Waals surface area contributed by atoms with E-state index >= 15 is 0 Å². The molecule has 208 valence electrons. The van der Waals surface area contributed by atoms with Crippen molar-refractivity contribution < 1.29 is 0 Å². The fourth-order valence-electron chi connectivity index (χ4n) is 7.11. The van der Waals surface area contributed by atoms with Crippen LogP contribution in [0.3, 0.4) is 0 Å². The van der Waals surface area contributed by atoms with Crippen molar-refractivity contribution in [1.82, 2.24) is 9.97 Å². The van der Waals surface area contributed by atoms with Gasteiger partial charge in [-0.15, -0.1) is 11.3 Å². The number of rotatable bonds is 3. The van der Waals surface area contributed by atoms with Gasteiger partial charge in [-0.2, -0.15) is 0 Å². The van der Waals surface area contributed by atoms with Gasteiger partial charge in [-0.25, -0.2) is 9.97 Å². The Balaban J connectivity index is 1.34. The standard InChI is InChI=1S/C41H28N2S/c1-41(2)32-19-10-17-28(38(32)31-22-26-14-6-7-15-27(26)23-33(31)41)34-24-35(43-40(42-34)25-12-4-3-5-13-25)29-18-11-21-37-39(29)30-16-8-9-20-36(30)44-37/h3-24H,1-2H3. The Morgan fingerprint density at radius 1 is 0.523 bits per heavy atom. The monoisotopic (exact) mass is 580 g/mol. The number of fused-ring (bicyclic) bond motifs is 7. The summed E-state index contributed by atoms with van der Waals surface area (Å²) in [6.45, 7) is 4.69. The van der Waals surface area contributed by atoms with Crippen molar-refractivity contribution in [2.75, 3.05) is 0 Å². The number of hydrogen-bond acceptors (Lipinski definition) is 3. The number of aromatic nitrogens is 2. The first-order valence-electron chi connectivity index (χ1n) is 15.1. The number of hydrogen-bond donors (Lipinski definition) is 0. The summed E-state index contributed by atoms with van der Waals surface area (Å²) in [6.07, 6.45) is 0. The fraction of sp³-hybridized carbons (Fsp3) is 0.0732. The minimum atomic E-state index is -0.121. The molecule has 0 saturated heterocycles. The molecule has 1 aliphatic carbocycles. The predicted molar refractivity (Wildman–Crippen MR) is 186 cm³/mol. The topological polar surface area (TPSA) is 25.8 Å². The molecule has 0 atom stereocenters. The van der Waals surface area contributed by atoms with E-state index in [2.05, 4.69) is 141 Å². The molecule has 8 aromatic rings. The molecular formula is C41H28N2S. The summed E-state index contributed by atoms with van der Waals surface area (Å²) in [4.78, 5) is 10.5. The van der Waals surface area contributed by atoms with E-state index in [9.17, 15) is 0 Å². The Hall–Kier alpha value is -5.12. The van der Waals surface area contributed by atoms with Crippen molar-refractivity contribution in [3.8, 4) is 45.0 Å². The van der Waals surface area contributed by atoms with Crippen molar-refractivity contribution in [3.05, 3.63) is 145 Å². The summed E-state index contributed by atoms with van der Waals surface area (Å²) >= 11 is 1.84. The van der Waals surface area contributed by atoms with E-state index in [-0.39, 0.29) is 5.41 Å². The molecule has 9 rings (SSSR count). The van der Waals surface area contributed by atoms with Crippen molar-refractivity contribution in [1.29, 1.82) is 0 Å². The third-order valence-electron chi connectivity index (χ3n) is 9.28. The predicted octanol–water partition coefficient (Wildman–Crippen LogP) is 11.3. The molecular weight excluding hydrogens is 553 g/mol. The van der Waals surface area contributed by atoms with Gasteiger partial charge >= 0.3 is 0 Å². The van der Waals surface area contributed by atoms with Crippen LogP contribution in [0.25, 0.3) is 76.0 Å². The molecule has 2 heterocycles. The van der Waals surface area contributed by atoms with Gasteiger partial charge in [-0.05, 0) is 63.4 Å². The lowest BCUT2D eigenvalue weighted by Gasteiger charge is -2.22. The van der Waals surface area contributed by atoms with Crippen LogP contribution in [0.4, 0.5) is 0 Å². The molecule has 2 nitrogen and oxygen atoms in total. The van der Waals surface area contributed by atoms with E-state index in [1.807, 2.05) is 17.4 Å². The van der Waals surface area contributed by atoms with Crippen LogP contribution in [0.2, 0.25) is 0 Å². The van der Waals surface area contributed by atoms with Gasteiger partial charge in [0.2, 0.25) is 0 Å². The van der Waals surface area contributed by atoms with Crippen molar-refractivity contribution >= 4 is 42.3 Å². The van der Waals surface area contributed by atoms with Crippen LogP contribution in [0, 0.1) is 0 Å². The van der Waals surface area contributed by atoms with Gasteiger partial charge in [0, 0.05) is 42.3 Å². The second kappa shape index (κ2) is 9.44. The number of benzene rings is 6. The first kappa shape index (κ1) is 25.4. The van der Waals surface area contributed by atoms with Crippen LogP contribution in [0.5, 0.6) is 0 Å². The van der Waals surface area contributed by atoms with Crippen LogP contribution in [0.1, 0.15) is 25.0 Å². The summed E-state index contributed by atoms with van der Waals surface area (Å²) in [6, 6.07) is 48.0. The molecule has 0 amide bonds. The molecule has 44 heavy (non-hydrogen) atoms. The van der Waals surface area contributed by atoms with Crippen LogP contribution >= 0.6 is 11.3 Å². The molecule has 0 unspecified atom stereocenters. The Bertz CT molecular complexity index is 2420. The zero-order valence-corrected chi connectivity index (χ0v) is 25.3. The van der Waals surface area contributed by atoms with Crippen LogP contribution in [-0.2, 0) is 5.41 Å². The molecule has 0 radical (unpaired) electrons. The summed E-state index contributed by atoms with van der Waals surface area (Å²) < 4.78 is 2.56. The van der Waals surface area contributed by atoms with E-state index in [1.54, 1.807) is 0 Å². The number of thiophene rings is 1. The molecule has 0 aliphatic heterocycles. The lowest BCUT2D eigenvalue weighted by molar-refractivity contribution is 0.661. The van der Waals surface area contributed by atoms with Crippen LogP contribution in [0.15, 0.2) is 133 Å². The summed E-state index contributed by atoms with van der Waals surface area (Å²) in [7, 11) is 0. The van der Waals surface area contributed by atoms with E-state index < -0.39 is 0 Å². The van der Waals surface area contributed by atoms with Crippen molar-refractivity contribution in [3.63, 3.8) is 0 Å². The molecule has 0 fully saturated rings. The summed E-state index contributed by atoms with van der Waals surface area (Å²) in [5, 5.41) is 5.07. The third kappa shape index (κ3) is 3.73. The highest BCUT2D eigenvalue weighted by Crippen LogP contribution is 2.53. The smallest absolute Gasteiger partial charge is 0.160 e. The molecule has 0 saturated carbocycles. The quantitative estimate of drug-likeness (QED) is 0.208. The highest BCUT2D eigenvalue weighted by molar-refractivity contribution is 7.25. The van der Waals surface area contributed by atoms with Gasteiger partial charge in [0.15, 0.2) is 5.82 Å². The normalized spacial score (nSPS) is 13.4. The molecule has 3 heteroatoms. The van der Waals surface area contributed by atoms with Gasteiger partial charge in [-0.3, -0.25) is 0 Å². The maximum Gasteiger partial charge on any atom is 0.160 e. The molecule has 0 spiro atoms. The van der Waals surface area contributed by atoms with E-state index in [0.717, 1.165) is 33.9 Å². The Morgan fingerprint density at radius 3 is 2.02 bits per heavy atom. The van der Waals surface area contributed by atoms with Gasteiger partial charge in [0.05, 0.1) is 11.4 Å². The maximum atomic E-state index is 5.28. The molecule has 0 N–H and O–H groups in total. The van der Waals surface area contributed by atoms with Gasteiger partial charge in [0.1, 0.15) is 0 Å². The molecule has 0 bridgehead atoms. The lowest BCUT2D eigenvalue weighted by Crippen LogP contribution is -2.14. The SMILES string of the molecule is CC1(C)c2cc3ccccc3cc2-c2c(-c3cc(-c4cccc5sc6ccccc6c45)nc(-c4ccccc4)n3)cccc21. The van der Waals surface area contributed by atoms with Gasteiger partial charge < -0.3 is 0 Å². The summed E-state index contributed by atoms with van der Waals surface area (Å²) in [5.41, 5.74) is 10.3. The van der Waals surface area contributed by atoms with Gasteiger partial charge in [0.25, 0.3) is 0 Å². The average molecular weight is 581 g/mol. The van der Waals surface area contributed by atoms with Crippen LogP contribution in [-0.4, -0.2) is 9.97 Å². The highest BCUT2D eigenvalue weighted by atomic mass is 32.1. The van der Waals surface area contributed by atoms with Crippen molar-refractivity contribution in [2.45, 2.75) is 19.3 Å². The lowest BCUT2D eigenvalue weighted by atomic mass is 9.81. The Kier molecular flexibility index (Phi) is 5.45. The maximum absolute atomic E-state index is 5.28. The van der Waals surface area contributed by atoms with Crippen LogP contribution < -0.4 is 0 Å². The van der Waals surface area contributed by atoms with E-state index in [4.69, 9.17) is 9.97 Å². The van der Waals surface area contributed by atoms with E-state index in [0.29, 0.717) is 0 Å². The third-order valence-corrected chi connectivity index (χ3v) is 10.4. The Labute approximate surface area is 260 Å². The zero-order valence-electron chi connectivity index (χ0n) is 24.5. The second-order valence-corrected chi connectivity index (χ2v) is 13.3. The summed E-state index contributed by atoms with van der Waals surface area (Å²) in [5.74, 6) is 0.739.